The number of nitrogens with one attached hydrogen (secondary N) is 1. The van der Waals surface area contributed by atoms with Gasteiger partial charge < -0.3 is 15.0 Å². The largest absolute Gasteiger partial charge is 0.483 e. The molecule has 2 amide bonds. The first kappa shape index (κ1) is 26.3. The van der Waals surface area contributed by atoms with Gasteiger partial charge in [-0.25, -0.2) is 0 Å². The van der Waals surface area contributed by atoms with Gasteiger partial charge in [0.1, 0.15) is 11.8 Å². The Balaban J connectivity index is 1.94. The molecular weight excluding hydrogens is 460 g/mol. The van der Waals surface area contributed by atoms with Crippen molar-refractivity contribution in [2.75, 3.05) is 6.61 Å². The molecule has 1 N–H and O–H groups in total. The molecule has 3 aromatic rings. The van der Waals surface area contributed by atoms with Crippen LogP contribution in [0.25, 0.3) is 0 Å². The van der Waals surface area contributed by atoms with Gasteiger partial charge in [0.05, 0.1) is 0 Å². The van der Waals surface area contributed by atoms with Crippen molar-refractivity contribution >= 4 is 23.4 Å². The minimum atomic E-state index is -0.731. The van der Waals surface area contributed by atoms with Crippen molar-refractivity contribution in [2.24, 2.45) is 0 Å². The van der Waals surface area contributed by atoms with E-state index in [1.165, 1.54) is 0 Å². The lowest BCUT2D eigenvalue weighted by Gasteiger charge is -2.32. The maximum absolute atomic E-state index is 13.6. The molecule has 3 rings (SSSR count). The van der Waals surface area contributed by atoms with Crippen LogP contribution in [0.2, 0.25) is 5.02 Å². The Bertz CT molecular complexity index is 1150. The number of benzene rings is 3. The quantitative estimate of drug-likeness (QED) is 0.406. The van der Waals surface area contributed by atoms with Gasteiger partial charge in [-0.15, -0.1) is 0 Å². The Morgan fingerprint density at radius 3 is 2.34 bits per heavy atom. The molecule has 1 atom stereocenters. The highest BCUT2D eigenvalue weighted by atomic mass is 35.5. The summed E-state index contributed by atoms with van der Waals surface area (Å²) in [6.07, 6.45) is 0.374. The van der Waals surface area contributed by atoms with Gasteiger partial charge in [0, 0.05) is 24.0 Å². The number of aryl methyl sites for hydroxylation is 2. The smallest absolute Gasteiger partial charge is 0.261 e. The Hall–Kier alpha value is -3.31. The molecule has 0 unspecified atom stereocenters. The van der Waals surface area contributed by atoms with Gasteiger partial charge in [-0.2, -0.15) is 0 Å². The molecule has 6 heteroatoms. The van der Waals surface area contributed by atoms with Crippen LogP contribution >= 0.6 is 11.6 Å². The summed E-state index contributed by atoms with van der Waals surface area (Å²) in [4.78, 5) is 28.6. The first-order valence-corrected chi connectivity index (χ1v) is 12.2. The van der Waals surface area contributed by atoms with Crippen molar-refractivity contribution in [3.05, 3.63) is 100 Å². The van der Waals surface area contributed by atoms with Gasteiger partial charge in [0.2, 0.25) is 5.91 Å². The van der Waals surface area contributed by atoms with Crippen molar-refractivity contribution in [3.63, 3.8) is 0 Å². The fourth-order valence-electron chi connectivity index (χ4n) is 3.83. The number of carbonyl (C=O) groups is 2. The third-order valence-electron chi connectivity index (χ3n) is 5.70. The fraction of sp³-hybridized carbons (Fsp3) is 0.310. The summed E-state index contributed by atoms with van der Waals surface area (Å²) in [6.45, 7) is 7.73. The number of nitrogens with zero attached hydrogens (tertiary/aromatic N) is 1. The number of rotatable bonds is 10. The van der Waals surface area contributed by atoms with Gasteiger partial charge in [-0.3, -0.25) is 9.59 Å². The molecule has 0 radical (unpaired) electrons. The first-order chi connectivity index (χ1) is 16.7. The predicted octanol–water partition coefficient (Wildman–Crippen LogP) is 5.50. The summed E-state index contributed by atoms with van der Waals surface area (Å²) in [7, 11) is 0. The zero-order valence-corrected chi connectivity index (χ0v) is 21.5. The molecule has 0 bridgehead atoms. The second kappa shape index (κ2) is 12.4. The van der Waals surface area contributed by atoms with E-state index in [0.29, 0.717) is 17.2 Å². The molecule has 0 aliphatic rings. The van der Waals surface area contributed by atoms with Crippen LogP contribution in [-0.4, -0.2) is 35.4 Å². The zero-order chi connectivity index (χ0) is 25.4. The molecule has 0 saturated heterocycles. The van der Waals surface area contributed by atoms with Crippen molar-refractivity contribution in [1.29, 1.82) is 0 Å². The fourth-order valence-corrected chi connectivity index (χ4v) is 4.03. The van der Waals surface area contributed by atoms with Gasteiger partial charge in [-0.05, 0) is 62.1 Å². The third-order valence-corrected chi connectivity index (χ3v) is 6.06. The van der Waals surface area contributed by atoms with E-state index in [1.807, 2.05) is 94.4 Å². The lowest BCUT2D eigenvalue weighted by Crippen LogP contribution is -2.52. The van der Waals surface area contributed by atoms with E-state index in [9.17, 15) is 9.59 Å². The average Bonchev–Trinajstić information content (AvgIpc) is 2.83. The molecule has 0 fully saturated rings. The Morgan fingerprint density at radius 2 is 1.66 bits per heavy atom. The van der Waals surface area contributed by atoms with E-state index in [2.05, 4.69) is 5.32 Å². The van der Waals surface area contributed by atoms with Crippen LogP contribution in [0.5, 0.6) is 5.75 Å². The summed E-state index contributed by atoms with van der Waals surface area (Å²) in [5, 5.41) is 3.53. The summed E-state index contributed by atoms with van der Waals surface area (Å²) < 4.78 is 5.93. The normalized spacial score (nSPS) is 11.7. The van der Waals surface area contributed by atoms with Crippen LogP contribution in [0, 0.1) is 13.8 Å². The van der Waals surface area contributed by atoms with Gasteiger partial charge >= 0.3 is 0 Å². The van der Waals surface area contributed by atoms with Gasteiger partial charge in [0.15, 0.2) is 6.61 Å². The van der Waals surface area contributed by atoms with Crippen molar-refractivity contribution in [2.45, 2.75) is 52.7 Å². The van der Waals surface area contributed by atoms with Crippen molar-refractivity contribution in [1.82, 2.24) is 10.2 Å². The summed E-state index contributed by atoms with van der Waals surface area (Å²) >= 11 is 6.44. The Morgan fingerprint density at radius 1 is 0.971 bits per heavy atom. The standard InChI is InChI=1S/C29H33ClN2O3/c1-20(2)31-29(34)26(17-23-10-6-5-7-11-23)32(18-24-12-8-9-13-25(24)30)28(33)19-35-27-16-21(3)14-15-22(27)4/h5-16,20,26H,17-19H2,1-4H3,(H,31,34)/t26-/m1/s1. The van der Waals surface area contributed by atoms with E-state index >= 15 is 0 Å². The van der Waals surface area contributed by atoms with E-state index in [-0.39, 0.29) is 31.0 Å². The minimum absolute atomic E-state index is 0.0655. The second-order valence-corrected chi connectivity index (χ2v) is 9.45. The summed E-state index contributed by atoms with van der Waals surface area (Å²) in [5.74, 6) is 0.156. The lowest BCUT2D eigenvalue weighted by molar-refractivity contribution is -0.143. The third kappa shape index (κ3) is 7.59. The molecule has 0 aliphatic heterocycles. The monoisotopic (exact) mass is 492 g/mol. The molecule has 35 heavy (non-hydrogen) atoms. The van der Waals surface area contributed by atoms with E-state index in [1.54, 1.807) is 11.0 Å². The van der Waals surface area contributed by atoms with Gasteiger partial charge in [-0.1, -0.05) is 72.3 Å². The topological polar surface area (TPSA) is 58.6 Å². The number of ether oxygens (including phenoxy) is 1. The van der Waals surface area contributed by atoms with Crippen LogP contribution in [0.3, 0.4) is 0 Å². The molecule has 184 valence electrons. The van der Waals surface area contributed by atoms with Crippen molar-refractivity contribution < 1.29 is 14.3 Å². The molecule has 0 saturated carbocycles. The Kier molecular flexibility index (Phi) is 9.32. The molecule has 0 spiro atoms. The van der Waals surface area contributed by atoms with Crippen LogP contribution < -0.4 is 10.1 Å². The molecule has 0 aromatic heterocycles. The highest BCUT2D eigenvalue weighted by Gasteiger charge is 2.31. The second-order valence-electron chi connectivity index (χ2n) is 9.04. The van der Waals surface area contributed by atoms with Crippen LogP contribution in [-0.2, 0) is 22.6 Å². The predicted molar refractivity (Wildman–Crippen MR) is 141 cm³/mol. The number of hydrogen-bond donors (Lipinski definition) is 1. The average molecular weight is 493 g/mol. The number of hydrogen-bond acceptors (Lipinski definition) is 3. The highest BCUT2D eigenvalue weighted by molar-refractivity contribution is 6.31. The van der Waals surface area contributed by atoms with E-state index in [4.69, 9.17) is 16.3 Å². The molecular formula is C29H33ClN2O3. The van der Waals surface area contributed by atoms with Crippen LogP contribution in [0.1, 0.15) is 36.1 Å². The first-order valence-electron chi connectivity index (χ1n) is 11.8. The highest BCUT2D eigenvalue weighted by Crippen LogP contribution is 2.22. The summed E-state index contributed by atoms with van der Waals surface area (Å²) in [6, 6.07) is 22.1. The van der Waals surface area contributed by atoms with Gasteiger partial charge in [0.25, 0.3) is 5.91 Å². The summed E-state index contributed by atoms with van der Waals surface area (Å²) in [5.41, 5.74) is 3.72. The van der Waals surface area contributed by atoms with E-state index in [0.717, 1.165) is 22.3 Å². The minimum Gasteiger partial charge on any atom is -0.483 e. The lowest BCUT2D eigenvalue weighted by atomic mass is 10.0. The van der Waals surface area contributed by atoms with E-state index < -0.39 is 6.04 Å². The van der Waals surface area contributed by atoms with Crippen molar-refractivity contribution in [3.8, 4) is 5.75 Å². The number of halogens is 1. The number of amides is 2. The maximum atomic E-state index is 13.6. The zero-order valence-electron chi connectivity index (χ0n) is 20.8. The SMILES string of the molecule is Cc1ccc(C)c(OCC(=O)N(Cc2ccccc2Cl)[C@H](Cc2ccccc2)C(=O)NC(C)C)c1. The Labute approximate surface area is 213 Å². The number of carbonyl (C=O) groups excluding carboxylic acids is 2. The van der Waals surface area contributed by atoms with Crippen LogP contribution in [0.4, 0.5) is 0 Å². The molecule has 0 heterocycles. The maximum Gasteiger partial charge on any atom is 0.261 e. The van der Waals surface area contributed by atoms with Crippen LogP contribution in [0.15, 0.2) is 72.8 Å². The molecule has 5 nitrogen and oxygen atoms in total. The molecule has 0 aliphatic carbocycles. The molecule has 3 aromatic carbocycles.